The Morgan fingerprint density at radius 1 is 0.317 bits per heavy atom. The van der Waals surface area contributed by atoms with Crippen LogP contribution in [-0.4, -0.2) is 4.57 Å². The Morgan fingerprint density at radius 3 is 1.38 bits per heavy atom. The number of rotatable bonds is 8. The van der Waals surface area contributed by atoms with Gasteiger partial charge in [-0.05, 0) is 173 Å². The molecule has 0 radical (unpaired) electrons. The Kier molecular flexibility index (Phi) is 11.4. The monoisotopic (exact) mass is 1050 g/mol. The molecule has 82 heavy (non-hydrogen) atoms. The van der Waals surface area contributed by atoms with Crippen LogP contribution >= 0.6 is 0 Å². The van der Waals surface area contributed by atoms with Gasteiger partial charge in [-0.3, -0.25) is 0 Å². The molecule has 2 aliphatic rings. The third kappa shape index (κ3) is 7.62. The van der Waals surface area contributed by atoms with Crippen molar-refractivity contribution in [3.8, 4) is 61.3 Å². The smallest absolute Gasteiger partial charge is 0.0714 e. The van der Waals surface area contributed by atoms with Gasteiger partial charge in [-0.1, -0.05) is 247 Å². The van der Waals surface area contributed by atoms with E-state index in [0.29, 0.717) is 0 Å². The summed E-state index contributed by atoms with van der Waals surface area (Å²) in [4.78, 5) is 2.49. The van der Waals surface area contributed by atoms with Gasteiger partial charge in [-0.25, -0.2) is 0 Å². The highest BCUT2D eigenvalue weighted by atomic mass is 15.2. The van der Waals surface area contributed by atoms with Crippen molar-refractivity contribution in [1.82, 2.24) is 4.57 Å². The van der Waals surface area contributed by atoms with Crippen molar-refractivity contribution in [3.05, 3.63) is 324 Å². The van der Waals surface area contributed by atoms with Crippen molar-refractivity contribution in [2.75, 3.05) is 4.90 Å². The van der Waals surface area contributed by atoms with Gasteiger partial charge in [0.05, 0.1) is 27.8 Å². The SMILES string of the molecule is CC(C)(C)c1ccc2c(c1-c1ccc3c(c1)c1ccccc1n3-c1ccccc1)-c1ccc(-c3ccc4c(c3)C(C)(C)c3cc(-c5ccccc5)ccc3N4c3ccc(-c4ccccc4)cc3)cc1C2(c1ccccc1)c1ccccc1. The number of aromatic nitrogens is 1. The molecule has 0 unspecified atom stereocenters. The van der Waals surface area contributed by atoms with Crippen LogP contribution in [0.15, 0.2) is 285 Å². The van der Waals surface area contributed by atoms with Crippen LogP contribution in [0.25, 0.3) is 83.1 Å². The maximum atomic E-state index is 2.55. The summed E-state index contributed by atoms with van der Waals surface area (Å²) in [7, 11) is 0. The normalized spacial score (nSPS) is 13.8. The second-order valence-corrected chi connectivity index (χ2v) is 24.0. The van der Waals surface area contributed by atoms with Gasteiger partial charge in [0, 0.05) is 27.6 Å². The molecule has 2 heteroatoms. The molecule has 2 heterocycles. The number of benzene rings is 12. The van der Waals surface area contributed by atoms with E-state index >= 15 is 0 Å². The fraction of sp³-hybridized carbons (Fsp3) is 0.100. The van der Waals surface area contributed by atoms with E-state index in [1.54, 1.807) is 0 Å². The minimum atomic E-state index is -0.634. The molecule has 13 aromatic rings. The van der Waals surface area contributed by atoms with Gasteiger partial charge in [-0.15, -0.1) is 0 Å². The van der Waals surface area contributed by atoms with Crippen LogP contribution in [0.3, 0.4) is 0 Å². The van der Waals surface area contributed by atoms with E-state index in [2.05, 4.69) is 329 Å². The molecule has 1 aromatic heterocycles. The molecule has 0 fully saturated rings. The Labute approximate surface area is 481 Å². The molecule has 1 aliphatic carbocycles. The second kappa shape index (κ2) is 18.9. The molecule has 0 saturated carbocycles. The average molecular weight is 1050 g/mol. The van der Waals surface area contributed by atoms with E-state index in [4.69, 9.17) is 0 Å². The summed E-state index contributed by atoms with van der Waals surface area (Å²) in [5.41, 5.74) is 27.3. The number of nitrogens with zero attached hydrogens (tertiary/aromatic N) is 2. The second-order valence-electron chi connectivity index (χ2n) is 24.0. The summed E-state index contributed by atoms with van der Waals surface area (Å²) in [6.45, 7) is 12.0. The molecule has 2 nitrogen and oxygen atoms in total. The molecule has 0 saturated heterocycles. The number of para-hydroxylation sites is 2. The van der Waals surface area contributed by atoms with Gasteiger partial charge < -0.3 is 9.47 Å². The first-order valence-corrected chi connectivity index (χ1v) is 28.9. The van der Waals surface area contributed by atoms with Crippen molar-refractivity contribution < 1.29 is 0 Å². The predicted molar refractivity (Wildman–Crippen MR) is 345 cm³/mol. The van der Waals surface area contributed by atoms with Crippen LogP contribution in [0.4, 0.5) is 17.1 Å². The Bertz CT molecular complexity index is 4540. The van der Waals surface area contributed by atoms with Gasteiger partial charge in [0.1, 0.15) is 0 Å². The standard InChI is InChI=1S/C80H62N2/c1-78(2,3)67-44-45-68-77(76(67)59-40-46-73-66(49-59)64-33-21-22-34-72(64)81(73)62-31-19-10-20-32-62)65-43-37-57(50-69(65)80(68,60-27-15-8-16-28-60)61-29-17-9-18-30-61)58-39-48-75-71(52-58)79(4,5)70-51-56(54-25-13-7-14-26-54)38-47-74(70)82(75)63-41-35-55(36-42-63)53-23-11-6-12-24-53/h6-52H,1-5H3. The summed E-state index contributed by atoms with van der Waals surface area (Å²) in [6, 6.07) is 107. The van der Waals surface area contributed by atoms with E-state index in [1.165, 1.54) is 128 Å². The van der Waals surface area contributed by atoms with Gasteiger partial charge >= 0.3 is 0 Å². The average Bonchev–Trinajstić information content (AvgIpc) is 3.44. The Hall–Kier alpha value is -9.76. The first-order chi connectivity index (χ1) is 40.1. The molecule has 15 rings (SSSR count). The van der Waals surface area contributed by atoms with Crippen LogP contribution in [0.5, 0.6) is 0 Å². The van der Waals surface area contributed by atoms with Crippen molar-refractivity contribution in [1.29, 1.82) is 0 Å². The Morgan fingerprint density at radius 2 is 0.780 bits per heavy atom. The lowest BCUT2D eigenvalue weighted by Crippen LogP contribution is -2.30. The molecule has 0 N–H and O–H groups in total. The van der Waals surface area contributed by atoms with E-state index in [-0.39, 0.29) is 10.8 Å². The van der Waals surface area contributed by atoms with Gasteiger partial charge in [0.2, 0.25) is 0 Å². The lowest BCUT2D eigenvalue weighted by Gasteiger charge is -2.42. The fourth-order valence-corrected chi connectivity index (χ4v) is 14.1. The van der Waals surface area contributed by atoms with Crippen LogP contribution < -0.4 is 4.90 Å². The zero-order chi connectivity index (χ0) is 55.3. The molecule has 0 spiro atoms. The summed E-state index contributed by atoms with van der Waals surface area (Å²) < 4.78 is 2.42. The van der Waals surface area contributed by atoms with Gasteiger partial charge in [0.15, 0.2) is 0 Å². The minimum absolute atomic E-state index is 0.170. The van der Waals surface area contributed by atoms with E-state index in [0.717, 1.165) is 11.4 Å². The summed E-state index contributed by atoms with van der Waals surface area (Å²) in [6.07, 6.45) is 0. The first kappa shape index (κ1) is 49.3. The summed E-state index contributed by atoms with van der Waals surface area (Å²) in [5, 5.41) is 2.50. The number of hydrogen-bond acceptors (Lipinski definition) is 1. The molecule has 0 amide bonds. The summed E-state index contributed by atoms with van der Waals surface area (Å²) >= 11 is 0. The zero-order valence-electron chi connectivity index (χ0n) is 47.0. The topological polar surface area (TPSA) is 8.17 Å². The van der Waals surface area contributed by atoms with Crippen LogP contribution in [-0.2, 0) is 16.2 Å². The lowest BCUT2D eigenvalue weighted by molar-refractivity contribution is 0.591. The van der Waals surface area contributed by atoms with E-state index < -0.39 is 5.41 Å². The predicted octanol–water partition coefficient (Wildman–Crippen LogP) is 21.2. The van der Waals surface area contributed by atoms with Crippen LogP contribution in [0.2, 0.25) is 0 Å². The maximum Gasteiger partial charge on any atom is 0.0714 e. The highest BCUT2D eigenvalue weighted by Gasteiger charge is 2.48. The first-order valence-electron chi connectivity index (χ1n) is 28.9. The third-order valence-corrected chi connectivity index (χ3v) is 18.0. The number of hydrogen-bond donors (Lipinski definition) is 0. The molecule has 0 bridgehead atoms. The van der Waals surface area contributed by atoms with Crippen LogP contribution in [0, 0.1) is 0 Å². The number of anilines is 3. The molecular weight excluding hydrogens is 989 g/mol. The largest absolute Gasteiger partial charge is 0.310 e. The quantitative estimate of drug-likeness (QED) is 0.147. The molecule has 12 aromatic carbocycles. The lowest BCUT2D eigenvalue weighted by atomic mass is 9.66. The van der Waals surface area contributed by atoms with Crippen molar-refractivity contribution in [2.45, 2.75) is 50.9 Å². The van der Waals surface area contributed by atoms with Crippen molar-refractivity contribution in [3.63, 3.8) is 0 Å². The highest BCUT2D eigenvalue weighted by Crippen LogP contribution is 2.61. The number of fused-ring (bicyclic) bond motifs is 8. The maximum absolute atomic E-state index is 2.55. The molecule has 0 atom stereocenters. The summed E-state index contributed by atoms with van der Waals surface area (Å²) in [5.74, 6) is 0. The third-order valence-electron chi connectivity index (χ3n) is 18.0. The minimum Gasteiger partial charge on any atom is -0.310 e. The van der Waals surface area contributed by atoms with E-state index in [1.807, 2.05) is 0 Å². The fourth-order valence-electron chi connectivity index (χ4n) is 14.1. The molecular formula is C80H62N2. The highest BCUT2D eigenvalue weighted by molar-refractivity contribution is 6.11. The van der Waals surface area contributed by atoms with Crippen molar-refractivity contribution >= 4 is 38.9 Å². The van der Waals surface area contributed by atoms with Gasteiger partial charge in [-0.2, -0.15) is 0 Å². The molecule has 1 aliphatic heterocycles. The molecule has 392 valence electrons. The Balaban J connectivity index is 0.957. The van der Waals surface area contributed by atoms with Crippen molar-refractivity contribution in [2.24, 2.45) is 0 Å². The van der Waals surface area contributed by atoms with Crippen LogP contribution in [0.1, 0.15) is 73.6 Å². The zero-order valence-corrected chi connectivity index (χ0v) is 47.0. The van der Waals surface area contributed by atoms with E-state index in [9.17, 15) is 0 Å². The van der Waals surface area contributed by atoms with Gasteiger partial charge in [0.25, 0.3) is 0 Å².